The van der Waals surface area contributed by atoms with Crippen molar-refractivity contribution in [1.82, 2.24) is 10.2 Å². The van der Waals surface area contributed by atoms with Gasteiger partial charge >= 0.3 is 71.2 Å². The minimum Gasteiger partial charge on any atom is -0.352 e. The van der Waals surface area contributed by atoms with Gasteiger partial charge in [-0.15, -0.1) is 0 Å². The van der Waals surface area contributed by atoms with E-state index in [-0.39, 0.29) is 36.1 Å². The topological polar surface area (TPSA) is 322 Å². The van der Waals surface area contributed by atoms with Crippen LogP contribution in [0.5, 0.6) is 0 Å². The predicted molar refractivity (Wildman–Crippen MR) is 147 cm³/mol. The number of nitrogens with one attached hydrogen (secondary N) is 1. The molecule has 0 spiro atoms. The number of nitrogens with zero attached hydrogens (tertiary/aromatic N) is 1. The first-order valence-corrected chi connectivity index (χ1v) is 17.9. The molecule has 0 saturated carbocycles. The zero-order chi connectivity index (χ0) is 34.9. The number of amides is 2. The van der Waals surface area contributed by atoms with E-state index in [1.807, 2.05) is 12.1 Å². The number of carbonyl (C=O) groups excluding carboxylic acids is 2. The van der Waals surface area contributed by atoms with Crippen molar-refractivity contribution in [3.8, 4) is 0 Å². The number of ether oxygens (including phenoxy) is 2. The van der Waals surface area contributed by atoms with Gasteiger partial charge in [0.2, 0.25) is 11.8 Å². The molecule has 0 bridgehead atoms. The van der Waals surface area contributed by atoms with Crippen molar-refractivity contribution in [2.75, 3.05) is 32.8 Å². The second kappa shape index (κ2) is 18.5. The zero-order valence-electron chi connectivity index (χ0n) is 24.4. The maximum absolute atomic E-state index is 12.5. The first-order chi connectivity index (χ1) is 21.0. The molecule has 1 saturated heterocycles. The normalized spacial score (nSPS) is 22.2. The van der Waals surface area contributed by atoms with Gasteiger partial charge in [-0.05, 0) is 12.0 Å². The van der Waals surface area contributed by atoms with Crippen molar-refractivity contribution in [3.05, 3.63) is 35.9 Å². The molecule has 2 rings (SSSR count). The molecular formula is C20H30N2NaO20S4+. The van der Waals surface area contributed by atoms with Gasteiger partial charge in [-0.2, -0.15) is 33.7 Å². The van der Waals surface area contributed by atoms with Crippen molar-refractivity contribution >= 4 is 53.4 Å². The Bertz CT molecular complexity index is 1620. The molecule has 1 aliphatic heterocycles. The Morgan fingerprint density at radius 2 is 1.36 bits per heavy atom. The third kappa shape index (κ3) is 17.7. The van der Waals surface area contributed by atoms with Gasteiger partial charge in [-0.3, -0.25) is 27.8 Å². The molecule has 27 heteroatoms. The zero-order valence-corrected chi connectivity index (χ0v) is 29.7. The largest absolute Gasteiger partial charge is 1.00 e. The summed E-state index contributed by atoms with van der Waals surface area (Å²) < 4.78 is 155. The summed E-state index contributed by atoms with van der Waals surface area (Å²) in [4.78, 5) is 25.7. The molecule has 2 amide bonds. The van der Waals surface area contributed by atoms with Crippen LogP contribution in [0, 0.1) is 0 Å². The summed E-state index contributed by atoms with van der Waals surface area (Å²) in [6.07, 6.45) is -12.1. The molecule has 1 aromatic rings. The summed E-state index contributed by atoms with van der Waals surface area (Å²) in [5, 5.41) is 2.35. The molecule has 47 heavy (non-hydrogen) atoms. The summed E-state index contributed by atoms with van der Waals surface area (Å²) in [7, 11) is -22.3. The summed E-state index contributed by atoms with van der Waals surface area (Å²) in [6.45, 7) is -1.51. The van der Waals surface area contributed by atoms with Gasteiger partial charge in [0.1, 0.15) is 18.3 Å². The van der Waals surface area contributed by atoms with Gasteiger partial charge in [0.15, 0.2) is 12.4 Å². The first-order valence-electron chi connectivity index (χ1n) is 12.4. The van der Waals surface area contributed by atoms with Crippen LogP contribution in [0.15, 0.2) is 30.3 Å². The Morgan fingerprint density at radius 1 is 0.830 bits per heavy atom. The predicted octanol–water partition coefficient (Wildman–Crippen LogP) is -5.68. The van der Waals surface area contributed by atoms with E-state index in [9.17, 15) is 52.4 Å². The van der Waals surface area contributed by atoms with Crippen LogP contribution in [0.1, 0.15) is 12.5 Å². The second-order valence-corrected chi connectivity index (χ2v) is 13.4. The van der Waals surface area contributed by atoms with Gasteiger partial charge in [0, 0.05) is 20.0 Å². The number of hydrogen-bond donors (Lipinski definition) is 5. The quantitative estimate of drug-likeness (QED) is 0.0528. The Balaban J connectivity index is 0.0000110. The Hall–Kier alpha value is -1.44. The average Bonchev–Trinajstić information content (AvgIpc) is 2.88. The maximum atomic E-state index is 12.5. The van der Waals surface area contributed by atoms with Crippen LogP contribution < -0.4 is 34.9 Å². The van der Waals surface area contributed by atoms with E-state index >= 15 is 0 Å². The van der Waals surface area contributed by atoms with Crippen LogP contribution in [0.3, 0.4) is 0 Å². The van der Waals surface area contributed by atoms with Crippen molar-refractivity contribution < 1.29 is 117 Å². The monoisotopic (exact) mass is 769 g/mol. The number of benzene rings is 1. The van der Waals surface area contributed by atoms with E-state index in [1.54, 1.807) is 18.2 Å². The summed E-state index contributed by atoms with van der Waals surface area (Å²) >= 11 is 0. The molecule has 1 aromatic carbocycles. The summed E-state index contributed by atoms with van der Waals surface area (Å²) in [5.41, 5.74) is 0.900. The Labute approximate surface area is 292 Å². The number of hydrogen-bond acceptors (Lipinski definition) is 16. The molecule has 0 unspecified atom stereocenters. The maximum Gasteiger partial charge on any atom is 1.00 e. The first kappa shape index (κ1) is 43.6. The van der Waals surface area contributed by atoms with Crippen LogP contribution in [0.4, 0.5) is 0 Å². The number of carbonyl (C=O) groups is 2. The third-order valence-electron chi connectivity index (χ3n) is 5.67. The molecule has 0 aliphatic carbocycles. The minimum atomic E-state index is -5.69. The summed E-state index contributed by atoms with van der Waals surface area (Å²) in [6, 6.07) is 9.04. The fourth-order valence-electron chi connectivity index (χ4n) is 3.90. The van der Waals surface area contributed by atoms with Gasteiger partial charge in [-0.25, -0.2) is 16.7 Å². The molecule has 5 atom stereocenters. The molecule has 1 heterocycles. The van der Waals surface area contributed by atoms with Crippen molar-refractivity contribution in [3.63, 3.8) is 0 Å². The smallest absolute Gasteiger partial charge is 0.352 e. The second-order valence-electron chi connectivity index (χ2n) is 9.12. The fourth-order valence-corrected chi connectivity index (χ4v) is 5.70. The van der Waals surface area contributed by atoms with Crippen molar-refractivity contribution in [2.24, 2.45) is 0 Å². The molecular weight excluding hydrogens is 739 g/mol. The Kier molecular flexibility index (Phi) is 17.2. The van der Waals surface area contributed by atoms with Crippen LogP contribution in [-0.4, -0.2) is 132 Å². The van der Waals surface area contributed by atoms with E-state index in [0.717, 1.165) is 5.56 Å². The Morgan fingerprint density at radius 3 is 1.87 bits per heavy atom. The molecule has 0 aromatic heterocycles. The van der Waals surface area contributed by atoms with Crippen LogP contribution in [0.2, 0.25) is 0 Å². The van der Waals surface area contributed by atoms with Gasteiger partial charge < -0.3 is 19.7 Å². The SMILES string of the molecule is CC(=O)N(CCc1ccccc1)CC(=O)NCCO[C@@H]1O[C@H](COS(=O)(=O)O)[C@@H](OS(=O)(=O)O)[C@H](OS(=O)(=O)O)[C@@H]1OS(=O)(=O)O.[Na+]. The van der Waals surface area contributed by atoms with Crippen LogP contribution in [-0.2, 0) is 83.8 Å². The summed E-state index contributed by atoms with van der Waals surface area (Å²) in [5.74, 6) is -1.12. The molecule has 1 fully saturated rings. The van der Waals surface area contributed by atoms with Crippen molar-refractivity contribution in [2.45, 2.75) is 44.1 Å². The van der Waals surface area contributed by atoms with Gasteiger partial charge in [-0.1, -0.05) is 30.3 Å². The third-order valence-corrected chi connectivity index (χ3v) is 7.50. The van der Waals surface area contributed by atoms with Crippen molar-refractivity contribution in [1.29, 1.82) is 0 Å². The van der Waals surface area contributed by atoms with E-state index in [1.165, 1.54) is 11.8 Å². The molecule has 5 N–H and O–H groups in total. The van der Waals surface area contributed by atoms with Gasteiger partial charge in [0.05, 0.1) is 19.8 Å². The molecule has 0 radical (unpaired) electrons. The van der Waals surface area contributed by atoms with E-state index in [0.29, 0.717) is 6.42 Å². The minimum absolute atomic E-state index is 0. The molecule has 22 nitrogen and oxygen atoms in total. The van der Waals surface area contributed by atoms with Crippen LogP contribution >= 0.6 is 0 Å². The molecule has 264 valence electrons. The number of rotatable bonds is 18. The molecule has 1 aliphatic rings. The standard InChI is InChI=1S/C20H30N2O20S4.Na/c1-13(23)22(9-7-14-5-3-2-4-6-14)11-16(24)21-8-10-37-20-19(42-46(34,35)36)18(41-45(31,32)33)17(40-44(28,29)30)15(39-20)12-38-43(25,26)27;/h2-6,15,17-20H,7-12H2,1H3,(H,21,24)(H,25,26,27)(H,28,29,30)(H,31,32,33)(H,34,35,36);/q;+1/t15-,17-,18+,19+,20-;/m1./s1. The van der Waals surface area contributed by atoms with E-state index in [4.69, 9.17) is 18.6 Å². The fraction of sp³-hybridized carbons (Fsp3) is 0.600. The van der Waals surface area contributed by atoms with E-state index in [2.05, 4.69) is 22.0 Å². The van der Waals surface area contributed by atoms with Crippen LogP contribution in [0.25, 0.3) is 0 Å². The van der Waals surface area contributed by atoms with Gasteiger partial charge in [0.25, 0.3) is 0 Å². The average molecular weight is 770 g/mol. The van der Waals surface area contributed by atoms with E-state index < -0.39 is 110 Å².